The zero-order chi connectivity index (χ0) is 12.0. The van der Waals surface area contributed by atoms with Gasteiger partial charge in [0.1, 0.15) is 0 Å². The summed E-state index contributed by atoms with van der Waals surface area (Å²) in [6, 6.07) is 5.70. The molecule has 0 radical (unpaired) electrons. The van der Waals surface area contributed by atoms with Crippen LogP contribution in [0.4, 0.5) is 5.69 Å². The van der Waals surface area contributed by atoms with Crippen LogP contribution in [0.1, 0.15) is 31.7 Å². The van der Waals surface area contributed by atoms with Crippen LogP contribution < -0.4 is 5.73 Å². The largest absolute Gasteiger partial charge is 0.398 e. The molecule has 1 unspecified atom stereocenters. The molecule has 0 saturated carbocycles. The standard InChI is InChI=1S/C13H20ClNO/c1-2-3-4-11(9-16)7-10-5-6-12(14)13(15)8-10/h5-6,8,11,16H,2-4,7,9,15H2,1H3. The summed E-state index contributed by atoms with van der Waals surface area (Å²) in [5.41, 5.74) is 7.51. The lowest BCUT2D eigenvalue weighted by atomic mass is 9.95. The van der Waals surface area contributed by atoms with Gasteiger partial charge < -0.3 is 10.8 Å². The molecule has 1 atom stereocenters. The van der Waals surface area contributed by atoms with Crippen molar-refractivity contribution in [3.8, 4) is 0 Å². The third-order valence-electron chi connectivity index (χ3n) is 2.81. The lowest BCUT2D eigenvalue weighted by Gasteiger charge is -2.14. The number of benzene rings is 1. The third kappa shape index (κ3) is 4.03. The van der Waals surface area contributed by atoms with Gasteiger partial charge in [0.05, 0.1) is 10.7 Å². The van der Waals surface area contributed by atoms with Crippen LogP contribution in [0.3, 0.4) is 0 Å². The van der Waals surface area contributed by atoms with Gasteiger partial charge in [0.2, 0.25) is 0 Å². The van der Waals surface area contributed by atoms with Crippen molar-refractivity contribution in [3.63, 3.8) is 0 Å². The summed E-state index contributed by atoms with van der Waals surface area (Å²) in [6.07, 6.45) is 4.26. The number of unbranched alkanes of at least 4 members (excludes halogenated alkanes) is 1. The van der Waals surface area contributed by atoms with E-state index < -0.39 is 0 Å². The fraction of sp³-hybridized carbons (Fsp3) is 0.538. The van der Waals surface area contributed by atoms with Crippen LogP contribution in [-0.4, -0.2) is 11.7 Å². The van der Waals surface area contributed by atoms with Crippen LogP contribution in [0, 0.1) is 5.92 Å². The summed E-state index contributed by atoms with van der Waals surface area (Å²) in [6.45, 7) is 2.40. The lowest BCUT2D eigenvalue weighted by Crippen LogP contribution is -2.09. The quantitative estimate of drug-likeness (QED) is 0.751. The number of rotatable bonds is 6. The Balaban J connectivity index is 2.59. The molecule has 0 aromatic heterocycles. The first kappa shape index (κ1) is 13.3. The Morgan fingerprint density at radius 1 is 1.44 bits per heavy atom. The molecule has 1 aromatic rings. The second kappa shape index (κ2) is 6.77. The number of aliphatic hydroxyl groups excluding tert-OH is 1. The van der Waals surface area contributed by atoms with Crippen molar-refractivity contribution in [2.24, 2.45) is 5.92 Å². The summed E-state index contributed by atoms with van der Waals surface area (Å²) in [5.74, 6) is 0.334. The van der Waals surface area contributed by atoms with Gasteiger partial charge in [-0.2, -0.15) is 0 Å². The highest BCUT2D eigenvalue weighted by Crippen LogP contribution is 2.22. The molecule has 0 aliphatic carbocycles. The molecule has 90 valence electrons. The third-order valence-corrected chi connectivity index (χ3v) is 3.15. The molecule has 0 amide bonds. The molecule has 2 nitrogen and oxygen atoms in total. The van der Waals surface area contributed by atoms with E-state index >= 15 is 0 Å². The Hall–Kier alpha value is -0.730. The lowest BCUT2D eigenvalue weighted by molar-refractivity contribution is 0.215. The van der Waals surface area contributed by atoms with Crippen LogP contribution in [0.5, 0.6) is 0 Å². The molecule has 0 fully saturated rings. The Morgan fingerprint density at radius 3 is 2.75 bits per heavy atom. The molecule has 0 aliphatic heterocycles. The van der Waals surface area contributed by atoms with Crippen LogP contribution in [-0.2, 0) is 6.42 Å². The normalized spacial score (nSPS) is 12.7. The minimum absolute atomic E-state index is 0.239. The van der Waals surface area contributed by atoms with Crippen molar-refractivity contribution in [1.29, 1.82) is 0 Å². The predicted molar refractivity (Wildman–Crippen MR) is 69.7 cm³/mol. The fourth-order valence-electron chi connectivity index (χ4n) is 1.80. The zero-order valence-corrected chi connectivity index (χ0v) is 10.5. The zero-order valence-electron chi connectivity index (χ0n) is 9.75. The molecule has 16 heavy (non-hydrogen) atoms. The smallest absolute Gasteiger partial charge is 0.0635 e. The predicted octanol–water partition coefficient (Wildman–Crippen LogP) is 3.26. The van der Waals surface area contributed by atoms with E-state index in [4.69, 9.17) is 17.3 Å². The van der Waals surface area contributed by atoms with Gasteiger partial charge in [-0.1, -0.05) is 37.4 Å². The van der Waals surface area contributed by atoms with E-state index in [1.54, 1.807) is 0 Å². The number of hydrogen-bond donors (Lipinski definition) is 2. The van der Waals surface area contributed by atoms with E-state index in [0.29, 0.717) is 16.6 Å². The Labute approximate surface area is 102 Å². The van der Waals surface area contributed by atoms with Crippen molar-refractivity contribution in [1.82, 2.24) is 0 Å². The van der Waals surface area contributed by atoms with E-state index in [1.165, 1.54) is 6.42 Å². The topological polar surface area (TPSA) is 46.2 Å². The van der Waals surface area contributed by atoms with E-state index in [-0.39, 0.29) is 6.61 Å². The van der Waals surface area contributed by atoms with Gasteiger partial charge in [-0.15, -0.1) is 0 Å². The summed E-state index contributed by atoms with van der Waals surface area (Å²) in [7, 11) is 0. The van der Waals surface area contributed by atoms with Gasteiger partial charge in [-0.05, 0) is 36.5 Å². The molecular weight excluding hydrogens is 222 g/mol. The van der Waals surface area contributed by atoms with Crippen LogP contribution in [0.2, 0.25) is 5.02 Å². The van der Waals surface area contributed by atoms with Crippen molar-refractivity contribution in [3.05, 3.63) is 28.8 Å². The minimum atomic E-state index is 0.239. The molecule has 0 heterocycles. The van der Waals surface area contributed by atoms with Crippen molar-refractivity contribution >= 4 is 17.3 Å². The molecular formula is C13H20ClNO. The molecule has 0 bridgehead atoms. The summed E-state index contributed by atoms with van der Waals surface area (Å²) in [4.78, 5) is 0. The number of anilines is 1. The highest BCUT2D eigenvalue weighted by atomic mass is 35.5. The average molecular weight is 242 g/mol. The van der Waals surface area contributed by atoms with E-state index in [1.807, 2.05) is 18.2 Å². The van der Waals surface area contributed by atoms with Gasteiger partial charge >= 0.3 is 0 Å². The molecule has 3 heteroatoms. The first-order valence-electron chi connectivity index (χ1n) is 5.82. The van der Waals surface area contributed by atoms with Gasteiger partial charge in [-0.3, -0.25) is 0 Å². The second-order valence-electron chi connectivity index (χ2n) is 4.25. The number of hydrogen-bond acceptors (Lipinski definition) is 2. The monoisotopic (exact) mass is 241 g/mol. The molecule has 0 spiro atoms. The highest BCUT2D eigenvalue weighted by Gasteiger charge is 2.08. The number of aliphatic hydroxyl groups is 1. The van der Waals surface area contributed by atoms with Gasteiger partial charge in [0.25, 0.3) is 0 Å². The van der Waals surface area contributed by atoms with Crippen molar-refractivity contribution in [2.75, 3.05) is 12.3 Å². The number of halogens is 1. The molecule has 3 N–H and O–H groups in total. The molecule has 0 saturated heterocycles. The van der Waals surface area contributed by atoms with Gasteiger partial charge in [-0.25, -0.2) is 0 Å². The first-order chi connectivity index (χ1) is 7.67. The molecule has 1 aromatic carbocycles. The average Bonchev–Trinajstić information content (AvgIpc) is 2.29. The molecule has 1 rings (SSSR count). The van der Waals surface area contributed by atoms with Crippen LogP contribution in [0.15, 0.2) is 18.2 Å². The van der Waals surface area contributed by atoms with E-state index in [2.05, 4.69) is 6.92 Å². The first-order valence-corrected chi connectivity index (χ1v) is 6.20. The maximum absolute atomic E-state index is 9.28. The van der Waals surface area contributed by atoms with Crippen molar-refractivity contribution < 1.29 is 5.11 Å². The SMILES string of the molecule is CCCCC(CO)Cc1ccc(Cl)c(N)c1. The van der Waals surface area contributed by atoms with E-state index in [0.717, 1.165) is 24.8 Å². The van der Waals surface area contributed by atoms with Crippen LogP contribution >= 0.6 is 11.6 Å². The Kier molecular flexibility index (Phi) is 5.64. The van der Waals surface area contributed by atoms with Gasteiger partial charge in [0.15, 0.2) is 0 Å². The van der Waals surface area contributed by atoms with Crippen molar-refractivity contribution in [2.45, 2.75) is 32.6 Å². The van der Waals surface area contributed by atoms with Crippen LogP contribution in [0.25, 0.3) is 0 Å². The van der Waals surface area contributed by atoms with E-state index in [9.17, 15) is 5.11 Å². The minimum Gasteiger partial charge on any atom is -0.398 e. The Bertz CT molecular complexity index is 328. The second-order valence-corrected chi connectivity index (χ2v) is 4.66. The number of nitrogen functional groups attached to an aromatic ring is 1. The number of nitrogens with two attached hydrogens (primary N) is 1. The fourth-order valence-corrected chi connectivity index (χ4v) is 1.92. The maximum Gasteiger partial charge on any atom is 0.0635 e. The highest BCUT2D eigenvalue weighted by molar-refractivity contribution is 6.33. The Morgan fingerprint density at radius 2 is 2.19 bits per heavy atom. The summed E-state index contributed by atoms with van der Waals surface area (Å²) >= 11 is 5.86. The molecule has 0 aliphatic rings. The maximum atomic E-state index is 9.28. The summed E-state index contributed by atoms with van der Waals surface area (Å²) in [5, 5.41) is 9.88. The summed E-state index contributed by atoms with van der Waals surface area (Å²) < 4.78 is 0. The van der Waals surface area contributed by atoms with Gasteiger partial charge in [0, 0.05) is 6.61 Å².